The highest BCUT2D eigenvalue weighted by Gasteiger charge is 2.23. The Kier molecular flexibility index (Phi) is 12.4. The number of carbonyl (C=O) groups is 1. The van der Waals surface area contributed by atoms with Crippen molar-refractivity contribution in [1.29, 1.82) is 0 Å². The number of carbonyl (C=O) groups excluding carboxylic acids is 1. The van der Waals surface area contributed by atoms with Crippen LogP contribution in [0.15, 0.2) is 29.3 Å². The summed E-state index contributed by atoms with van der Waals surface area (Å²) in [6.07, 6.45) is 2.53. The minimum atomic E-state index is -0.496. The molecule has 1 unspecified atom stereocenters. The molecule has 1 saturated heterocycles. The fraction of sp³-hybridized carbons (Fsp3) is 0.667. The van der Waals surface area contributed by atoms with Gasteiger partial charge in [-0.3, -0.25) is 9.89 Å². The van der Waals surface area contributed by atoms with Crippen LogP contribution < -0.4 is 10.6 Å². The normalized spacial score (nSPS) is 16.5. The lowest BCUT2D eigenvalue weighted by molar-refractivity contribution is 0.0230. The summed E-state index contributed by atoms with van der Waals surface area (Å²) in [5.41, 5.74) is 0.643. The number of guanidine groups is 1. The standard InChI is InChI=1S/C24H40FN5O2.HI/c1-18(29(6)23(31)32-24(2,3)4)11-14-27-22(26-5)28-21-12-15-30(16-13-21)17-19-7-9-20(25)10-8-19;/h7-10,18,21H,11-17H2,1-6H3,(H2,26,27,28);1H. The van der Waals surface area contributed by atoms with Crippen LogP contribution in [0.4, 0.5) is 9.18 Å². The lowest BCUT2D eigenvalue weighted by atomic mass is 10.0. The first-order chi connectivity index (χ1) is 15.1. The molecule has 0 radical (unpaired) electrons. The maximum absolute atomic E-state index is 13.1. The Morgan fingerprint density at radius 3 is 2.42 bits per heavy atom. The summed E-state index contributed by atoms with van der Waals surface area (Å²) in [7, 11) is 3.54. The number of aliphatic imine (C=N–C) groups is 1. The summed E-state index contributed by atoms with van der Waals surface area (Å²) < 4.78 is 18.5. The molecule has 1 heterocycles. The average Bonchev–Trinajstić information content (AvgIpc) is 2.74. The molecule has 0 bridgehead atoms. The van der Waals surface area contributed by atoms with Gasteiger partial charge in [-0.15, -0.1) is 24.0 Å². The van der Waals surface area contributed by atoms with Gasteiger partial charge in [0.15, 0.2) is 5.96 Å². The fourth-order valence-electron chi connectivity index (χ4n) is 3.58. The van der Waals surface area contributed by atoms with Crippen LogP contribution in [0.25, 0.3) is 0 Å². The average molecular weight is 578 g/mol. The molecule has 188 valence electrons. The zero-order valence-electron chi connectivity index (χ0n) is 20.9. The largest absolute Gasteiger partial charge is 0.444 e. The van der Waals surface area contributed by atoms with Crippen molar-refractivity contribution in [3.8, 4) is 0 Å². The highest BCUT2D eigenvalue weighted by molar-refractivity contribution is 14.0. The highest BCUT2D eigenvalue weighted by atomic mass is 127. The van der Waals surface area contributed by atoms with Gasteiger partial charge >= 0.3 is 6.09 Å². The van der Waals surface area contributed by atoms with E-state index in [-0.39, 0.29) is 41.9 Å². The Hall–Kier alpha value is -1.62. The van der Waals surface area contributed by atoms with Gasteiger partial charge in [0, 0.05) is 52.4 Å². The second-order valence-corrected chi connectivity index (χ2v) is 9.55. The molecule has 2 N–H and O–H groups in total. The second-order valence-electron chi connectivity index (χ2n) is 9.55. The van der Waals surface area contributed by atoms with Crippen LogP contribution >= 0.6 is 24.0 Å². The van der Waals surface area contributed by atoms with Gasteiger partial charge in [-0.25, -0.2) is 9.18 Å². The molecular weight excluding hydrogens is 536 g/mol. The van der Waals surface area contributed by atoms with Crippen LogP contribution in [-0.2, 0) is 11.3 Å². The van der Waals surface area contributed by atoms with Crippen LogP contribution in [0.3, 0.4) is 0 Å². The smallest absolute Gasteiger partial charge is 0.410 e. The number of likely N-dealkylation sites (tertiary alicyclic amines) is 1. The molecule has 0 spiro atoms. The van der Waals surface area contributed by atoms with Gasteiger partial charge in [-0.05, 0) is 64.7 Å². The third kappa shape index (κ3) is 10.9. The Labute approximate surface area is 215 Å². The van der Waals surface area contributed by atoms with Gasteiger partial charge in [-0.1, -0.05) is 12.1 Å². The maximum Gasteiger partial charge on any atom is 0.410 e. The molecule has 1 aromatic rings. The first-order valence-corrected chi connectivity index (χ1v) is 11.5. The third-order valence-electron chi connectivity index (χ3n) is 5.67. The first kappa shape index (κ1) is 29.4. The lowest BCUT2D eigenvalue weighted by Gasteiger charge is -2.33. The van der Waals surface area contributed by atoms with Crippen molar-refractivity contribution >= 4 is 36.0 Å². The van der Waals surface area contributed by atoms with E-state index < -0.39 is 5.60 Å². The number of nitrogens with zero attached hydrogens (tertiary/aromatic N) is 3. The molecule has 1 aromatic carbocycles. The molecule has 1 aliphatic rings. The van der Waals surface area contributed by atoms with Crippen LogP contribution in [0.5, 0.6) is 0 Å². The minimum absolute atomic E-state index is 0. The minimum Gasteiger partial charge on any atom is -0.444 e. The molecule has 9 heteroatoms. The van der Waals surface area contributed by atoms with E-state index in [1.54, 1.807) is 19.0 Å². The molecule has 2 rings (SSSR count). The van der Waals surface area contributed by atoms with E-state index in [2.05, 4.69) is 20.5 Å². The van der Waals surface area contributed by atoms with Gasteiger partial charge < -0.3 is 20.3 Å². The Morgan fingerprint density at radius 1 is 1.27 bits per heavy atom. The molecule has 1 atom stereocenters. The quantitative estimate of drug-likeness (QED) is 0.289. The first-order valence-electron chi connectivity index (χ1n) is 11.5. The van der Waals surface area contributed by atoms with Crippen molar-refractivity contribution in [2.75, 3.05) is 33.7 Å². The molecular formula is C24H41FIN5O2. The fourth-order valence-corrected chi connectivity index (χ4v) is 3.58. The van der Waals surface area contributed by atoms with Gasteiger partial charge in [-0.2, -0.15) is 0 Å². The summed E-state index contributed by atoms with van der Waals surface area (Å²) in [6.45, 7) is 11.2. The highest BCUT2D eigenvalue weighted by Crippen LogP contribution is 2.15. The van der Waals surface area contributed by atoms with E-state index in [9.17, 15) is 9.18 Å². The molecule has 1 fully saturated rings. The van der Waals surface area contributed by atoms with Crippen molar-refractivity contribution in [3.05, 3.63) is 35.6 Å². The number of halogens is 2. The Balaban J connectivity index is 0.00000544. The van der Waals surface area contributed by atoms with E-state index in [1.165, 1.54) is 12.1 Å². The van der Waals surface area contributed by atoms with E-state index in [1.807, 2.05) is 39.8 Å². The SMILES string of the molecule is CN=C(NCCC(C)N(C)C(=O)OC(C)(C)C)NC1CCN(Cc2ccc(F)cc2)CC1.I. The number of nitrogens with one attached hydrogen (secondary N) is 2. The van der Waals surface area contributed by atoms with E-state index in [0.29, 0.717) is 12.6 Å². The van der Waals surface area contributed by atoms with Crippen LogP contribution in [-0.4, -0.2) is 73.3 Å². The number of hydrogen-bond acceptors (Lipinski definition) is 4. The van der Waals surface area contributed by atoms with Gasteiger partial charge in [0.05, 0.1) is 0 Å². The van der Waals surface area contributed by atoms with Crippen LogP contribution in [0, 0.1) is 5.82 Å². The van der Waals surface area contributed by atoms with Gasteiger partial charge in [0.2, 0.25) is 0 Å². The number of ether oxygens (including phenoxy) is 1. The number of hydrogen-bond donors (Lipinski definition) is 2. The summed E-state index contributed by atoms with van der Waals surface area (Å²) in [6, 6.07) is 7.16. The Morgan fingerprint density at radius 2 is 1.88 bits per heavy atom. The van der Waals surface area contributed by atoms with Crippen LogP contribution in [0.1, 0.15) is 52.5 Å². The summed E-state index contributed by atoms with van der Waals surface area (Å²) >= 11 is 0. The number of benzene rings is 1. The van der Waals surface area contributed by atoms with Gasteiger partial charge in [0.1, 0.15) is 11.4 Å². The van der Waals surface area contributed by atoms with Crippen molar-refractivity contribution in [3.63, 3.8) is 0 Å². The van der Waals surface area contributed by atoms with E-state index >= 15 is 0 Å². The molecule has 1 aliphatic heterocycles. The molecule has 0 saturated carbocycles. The maximum atomic E-state index is 13.1. The zero-order valence-corrected chi connectivity index (χ0v) is 23.2. The Bertz CT molecular complexity index is 746. The number of piperidine rings is 1. The molecule has 0 aliphatic carbocycles. The predicted molar refractivity (Wildman–Crippen MR) is 143 cm³/mol. The predicted octanol–water partition coefficient (Wildman–Crippen LogP) is 4.22. The zero-order chi connectivity index (χ0) is 23.7. The van der Waals surface area contributed by atoms with Crippen molar-refractivity contribution < 1.29 is 13.9 Å². The number of rotatable bonds is 7. The molecule has 0 aromatic heterocycles. The van der Waals surface area contributed by atoms with E-state index in [4.69, 9.17) is 4.74 Å². The lowest BCUT2D eigenvalue weighted by Crippen LogP contribution is -2.49. The summed E-state index contributed by atoms with van der Waals surface area (Å²) in [5, 5.41) is 6.87. The van der Waals surface area contributed by atoms with Crippen molar-refractivity contribution in [2.24, 2.45) is 4.99 Å². The third-order valence-corrected chi connectivity index (χ3v) is 5.67. The monoisotopic (exact) mass is 577 g/mol. The number of amides is 1. The van der Waals surface area contributed by atoms with Crippen molar-refractivity contribution in [1.82, 2.24) is 20.4 Å². The molecule has 7 nitrogen and oxygen atoms in total. The second kappa shape index (κ2) is 13.9. The van der Waals surface area contributed by atoms with Gasteiger partial charge in [0.25, 0.3) is 0 Å². The van der Waals surface area contributed by atoms with Crippen molar-refractivity contribution in [2.45, 2.75) is 71.2 Å². The summed E-state index contributed by atoms with van der Waals surface area (Å²) in [5.74, 6) is 0.593. The molecule has 33 heavy (non-hydrogen) atoms. The summed E-state index contributed by atoms with van der Waals surface area (Å²) in [4.78, 5) is 20.6. The van der Waals surface area contributed by atoms with E-state index in [0.717, 1.165) is 50.4 Å². The van der Waals surface area contributed by atoms with Crippen LogP contribution in [0.2, 0.25) is 0 Å². The molecule has 1 amide bonds. The topological polar surface area (TPSA) is 69.2 Å².